The number of carbonyl (C=O) groups excluding carboxylic acids is 1. The highest BCUT2D eigenvalue weighted by Gasteiger charge is 2.25. The van der Waals surface area contributed by atoms with Crippen molar-refractivity contribution in [3.8, 4) is 0 Å². The molecule has 1 fully saturated rings. The van der Waals surface area contributed by atoms with Gasteiger partial charge >= 0.3 is 0 Å². The molecule has 2 heterocycles. The van der Waals surface area contributed by atoms with E-state index in [1.807, 2.05) is 17.2 Å². The normalized spacial score (nSPS) is 15.5. The standard InChI is InChI=1S/C21H20F2N2O/c22-16-3-1-2-14(10-16)11-21(26)25-8-6-15(7-9-25)19-13-24-20-12-17(23)4-5-18(19)20/h1-5,10,12-13,15,24H,6-9,11H2. The van der Waals surface area contributed by atoms with Gasteiger partial charge in [0, 0.05) is 30.2 Å². The Labute approximate surface area is 150 Å². The summed E-state index contributed by atoms with van der Waals surface area (Å²) in [5.41, 5.74) is 2.71. The Kier molecular flexibility index (Phi) is 4.45. The Morgan fingerprint density at radius 3 is 2.62 bits per heavy atom. The number of nitrogens with one attached hydrogen (secondary N) is 1. The number of halogens is 2. The summed E-state index contributed by atoms with van der Waals surface area (Å²) in [7, 11) is 0. The van der Waals surface area contributed by atoms with Crippen molar-refractivity contribution >= 4 is 16.8 Å². The topological polar surface area (TPSA) is 36.1 Å². The largest absolute Gasteiger partial charge is 0.361 e. The summed E-state index contributed by atoms with van der Waals surface area (Å²) in [4.78, 5) is 17.5. The van der Waals surface area contributed by atoms with E-state index < -0.39 is 0 Å². The number of likely N-dealkylation sites (tertiary alicyclic amines) is 1. The fraction of sp³-hybridized carbons (Fsp3) is 0.286. The van der Waals surface area contributed by atoms with E-state index in [0.717, 1.165) is 23.7 Å². The predicted molar refractivity (Wildman–Crippen MR) is 96.9 cm³/mol. The third-order valence-corrected chi connectivity index (χ3v) is 5.21. The smallest absolute Gasteiger partial charge is 0.226 e. The molecule has 2 aromatic carbocycles. The molecule has 3 aromatic rings. The van der Waals surface area contributed by atoms with E-state index in [0.29, 0.717) is 24.6 Å². The molecule has 1 amide bonds. The van der Waals surface area contributed by atoms with Gasteiger partial charge in [0.1, 0.15) is 11.6 Å². The molecule has 5 heteroatoms. The Balaban J connectivity index is 1.41. The quantitative estimate of drug-likeness (QED) is 0.744. The van der Waals surface area contributed by atoms with Crippen LogP contribution in [0.15, 0.2) is 48.7 Å². The van der Waals surface area contributed by atoms with E-state index in [1.54, 1.807) is 12.1 Å². The van der Waals surface area contributed by atoms with Crippen molar-refractivity contribution in [1.29, 1.82) is 0 Å². The highest BCUT2D eigenvalue weighted by molar-refractivity contribution is 5.84. The molecule has 0 bridgehead atoms. The summed E-state index contributed by atoms with van der Waals surface area (Å²) in [6.07, 6.45) is 3.94. The van der Waals surface area contributed by atoms with Crippen LogP contribution in [0.25, 0.3) is 10.9 Å². The summed E-state index contributed by atoms with van der Waals surface area (Å²) in [6, 6.07) is 11.0. The van der Waals surface area contributed by atoms with Crippen molar-refractivity contribution in [2.24, 2.45) is 0 Å². The van der Waals surface area contributed by atoms with E-state index >= 15 is 0 Å². The maximum atomic E-state index is 13.3. The minimum atomic E-state index is -0.315. The minimum Gasteiger partial charge on any atom is -0.361 e. The highest BCUT2D eigenvalue weighted by Crippen LogP contribution is 2.33. The zero-order chi connectivity index (χ0) is 18.1. The first-order valence-corrected chi connectivity index (χ1v) is 8.89. The number of rotatable bonds is 3. The summed E-state index contributed by atoms with van der Waals surface area (Å²) < 4.78 is 26.6. The molecule has 26 heavy (non-hydrogen) atoms. The van der Waals surface area contributed by atoms with E-state index in [4.69, 9.17) is 0 Å². The van der Waals surface area contributed by atoms with Crippen molar-refractivity contribution in [2.45, 2.75) is 25.2 Å². The van der Waals surface area contributed by atoms with Crippen LogP contribution in [0.5, 0.6) is 0 Å². The van der Waals surface area contributed by atoms with Gasteiger partial charge < -0.3 is 9.88 Å². The number of H-pyrrole nitrogens is 1. The number of hydrogen-bond donors (Lipinski definition) is 1. The second-order valence-electron chi connectivity index (χ2n) is 6.90. The fourth-order valence-corrected chi connectivity index (χ4v) is 3.83. The molecule has 0 atom stereocenters. The molecule has 1 aliphatic heterocycles. The zero-order valence-electron chi connectivity index (χ0n) is 14.3. The van der Waals surface area contributed by atoms with E-state index in [2.05, 4.69) is 4.98 Å². The molecule has 1 saturated heterocycles. The number of nitrogens with zero attached hydrogens (tertiary/aromatic N) is 1. The molecule has 0 radical (unpaired) electrons. The third-order valence-electron chi connectivity index (χ3n) is 5.21. The first kappa shape index (κ1) is 16.8. The van der Waals surface area contributed by atoms with Gasteiger partial charge in [-0.05, 0) is 60.2 Å². The van der Waals surface area contributed by atoms with Gasteiger partial charge in [-0.3, -0.25) is 4.79 Å². The van der Waals surface area contributed by atoms with Crippen LogP contribution in [0.3, 0.4) is 0 Å². The van der Waals surface area contributed by atoms with Crippen LogP contribution in [0.2, 0.25) is 0 Å². The SMILES string of the molecule is O=C(Cc1cccc(F)c1)N1CCC(c2c[nH]c3cc(F)ccc23)CC1. The van der Waals surface area contributed by atoms with E-state index in [1.165, 1.54) is 29.8 Å². The van der Waals surface area contributed by atoms with Gasteiger partial charge in [-0.15, -0.1) is 0 Å². The molecule has 1 aliphatic rings. The first-order valence-electron chi connectivity index (χ1n) is 8.89. The van der Waals surface area contributed by atoms with E-state index in [9.17, 15) is 13.6 Å². The molecule has 0 unspecified atom stereocenters. The van der Waals surface area contributed by atoms with Crippen LogP contribution in [0.1, 0.15) is 29.9 Å². The summed E-state index contributed by atoms with van der Waals surface area (Å²) in [6.45, 7) is 1.37. The van der Waals surface area contributed by atoms with Crippen molar-refractivity contribution in [3.05, 3.63) is 71.4 Å². The number of amides is 1. The first-order chi connectivity index (χ1) is 12.6. The molecule has 4 rings (SSSR count). The highest BCUT2D eigenvalue weighted by atomic mass is 19.1. The lowest BCUT2D eigenvalue weighted by Gasteiger charge is -2.32. The zero-order valence-corrected chi connectivity index (χ0v) is 14.3. The van der Waals surface area contributed by atoms with E-state index in [-0.39, 0.29) is 24.0 Å². The van der Waals surface area contributed by atoms with Gasteiger partial charge in [-0.1, -0.05) is 12.1 Å². The monoisotopic (exact) mass is 354 g/mol. The van der Waals surface area contributed by atoms with Crippen molar-refractivity contribution in [3.63, 3.8) is 0 Å². The van der Waals surface area contributed by atoms with Gasteiger partial charge in [0.15, 0.2) is 0 Å². The lowest BCUT2D eigenvalue weighted by molar-refractivity contribution is -0.131. The van der Waals surface area contributed by atoms with Crippen LogP contribution in [-0.2, 0) is 11.2 Å². The lowest BCUT2D eigenvalue weighted by atomic mass is 9.89. The molecular formula is C21H20F2N2O. The Morgan fingerprint density at radius 1 is 1.08 bits per heavy atom. The number of hydrogen-bond acceptors (Lipinski definition) is 1. The Hall–Kier alpha value is -2.69. The average Bonchev–Trinajstić information content (AvgIpc) is 3.05. The molecule has 1 N–H and O–H groups in total. The van der Waals surface area contributed by atoms with Gasteiger partial charge in [0.2, 0.25) is 5.91 Å². The fourth-order valence-electron chi connectivity index (χ4n) is 3.83. The predicted octanol–water partition coefficient (Wildman–Crippen LogP) is 4.39. The second-order valence-corrected chi connectivity index (χ2v) is 6.90. The number of aromatic nitrogens is 1. The van der Waals surface area contributed by atoms with Crippen LogP contribution in [0.4, 0.5) is 8.78 Å². The van der Waals surface area contributed by atoms with Gasteiger partial charge in [0.05, 0.1) is 6.42 Å². The molecular weight excluding hydrogens is 334 g/mol. The van der Waals surface area contributed by atoms with Gasteiger partial charge in [-0.2, -0.15) is 0 Å². The van der Waals surface area contributed by atoms with Crippen LogP contribution in [0, 0.1) is 11.6 Å². The molecule has 134 valence electrons. The molecule has 3 nitrogen and oxygen atoms in total. The number of aromatic amines is 1. The Bertz CT molecular complexity index is 942. The van der Waals surface area contributed by atoms with Crippen LogP contribution in [-0.4, -0.2) is 28.9 Å². The summed E-state index contributed by atoms with van der Waals surface area (Å²) >= 11 is 0. The third kappa shape index (κ3) is 3.34. The number of fused-ring (bicyclic) bond motifs is 1. The minimum absolute atomic E-state index is 0.0371. The summed E-state index contributed by atoms with van der Waals surface area (Å²) in [5, 5.41) is 1.05. The summed E-state index contributed by atoms with van der Waals surface area (Å²) in [5.74, 6) is -0.170. The van der Waals surface area contributed by atoms with Crippen molar-refractivity contribution in [1.82, 2.24) is 9.88 Å². The average molecular weight is 354 g/mol. The second kappa shape index (κ2) is 6.90. The lowest BCUT2D eigenvalue weighted by Crippen LogP contribution is -2.38. The number of benzene rings is 2. The molecule has 1 aromatic heterocycles. The number of carbonyl (C=O) groups is 1. The molecule has 0 spiro atoms. The maximum absolute atomic E-state index is 13.3. The molecule has 0 aliphatic carbocycles. The van der Waals surface area contributed by atoms with Gasteiger partial charge in [-0.25, -0.2) is 8.78 Å². The Morgan fingerprint density at radius 2 is 1.85 bits per heavy atom. The number of piperidine rings is 1. The maximum Gasteiger partial charge on any atom is 0.226 e. The van der Waals surface area contributed by atoms with Crippen molar-refractivity contribution < 1.29 is 13.6 Å². The molecule has 0 saturated carbocycles. The van der Waals surface area contributed by atoms with Crippen LogP contribution < -0.4 is 0 Å². The van der Waals surface area contributed by atoms with Gasteiger partial charge in [0.25, 0.3) is 0 Å². The van der Waals surface area contributed by atoms with Crippen LogP contribution >= 0.6 is 0 Å². The van der Waals surface area contributed by atoms with Crippen molar-refractivity contribution in [2.75, 3.05) is 13.1 Å².